The van der Waals surface area contributed by atoms with Gasteiger partial charge in [0.1, 0.15) is 5.82 Å². The molecule has 3 rings (SSSR count). The second-order valence-corrected chi connectivity index (χ2v) is 7.11. The second-order valence-electron chi connectivity index (χ2n) is 6.32. The molecule has 0 spiro atoms. The molecule has 1 N–H and O–H groups in total. The minimum atomic E-state index is 0.0157. The zero-order chi connectivity index (χ0) is 14.5. The van der Waals surface area contributed by atoms with Crippen molar-refractivity contribution in [1.82, 2.24) is 19.6 Å². The fourth-order valence-corrected chi connectivity index (χ4v) is 3.71. The summed E-state index contributed by atoms with van der Waals surface area (Å²) in [6, 6.07) is 2.32. The average Bonchev–Trinajstić information content (AvgIpc) is 2.93. The number of aromatic nitrogens is 4. The van der Waals surface area contributed by atoms with Gasteiger partial charge in [0.05, 0.1) is 21.9 Å². The first-order chi connectivity index (χ1) is 9.39. The van der Waals surface area contributed by atoms with E-state index in [1.54, 1.807) is 0 Å². The maximum absolute atomic E-state index is 4.87. The summed E-state index contributed by atoms with van der Waals surface area (Å²) >= 11 is 3.71. The second kappa shape index (κ2) is 4.62. The monoisotopic (exact) mass is 337 g/mol. The molecule has 20 heavy (non-hydrogen) atoms. The predicted molar refractivity (Wildman–Crippen MR) is 83.1 cm³/mol. The van der Waals surface area contributed by atoms with Crippen molar-refractivity contribution in [2.45, 2.75) is 38.6 Å². The van der Waals surface area contributed by atoms with Gasteiger partial charge < -0.3 is 5.32 Å². The molecule has 1 unspecified atom stereocenters. The summed E-state index contributed by atoms with van der Waals surface area (Å²) < 4.78 is 5.12. The molecule has 0 radical (unpaired) electrons. The van der Waals surface area contributed by atoms with Crippen LogP contribution in [0.4, 0.5) is 5.82 Å². The third-order valence-electron chi connectivity index (χ3n) is 3.77. The smallest absolute Gasteiger partial charge is 0.139 e. The lowest BCUT2D eigenvalue weighted by Gasteiger charge is -2.26. The van der Waals surface area contributed by atoms with E-state index in [4.69, 9.17) is 5.10 Å². The number of aryl methyl sites for hydroxylation is 1. The normalized spacial score (nSPS) is 18.8. The van der Waals surface area contributed by atoms with Crippen LogP contribution < -0.4 is 5.32 Å². The Hall–Kier alpha value is -1.30. The molecule has 2 aromatic heterocycles. The number of nitrogens with one attached hydrogen (secondary N) is 1. The molecule has 0 amide bonds. The molecule has 1 atom stereocenters. The van der Waals surface area contributed by atoms with E-state index >= 15 is 0 Å². The Balaban J connectivity index is 2.12. The maximum Gasteiger partial charge on any atom is 0.139 e. The molecular formula is C14H20BrN5. The van der Waals surface area contributed by atoms with Crippen LogP contribution in [0.25, 0.3) is 0 Å². The summed E-state index contributed by atoms with van der Waals surface area (Å²) in [4.78, 5) is 0. The van der Waals surface area contributed by atoms with Crippen molar-refractivity contribution in [3.05, 3.63) is 28.1 Å². The van der Waals surface area contributed by atoms with Crippen molar-refractivity contribution in [3.63, 3.8) is 0 Å². The van der Waals surface area contributed by atoms with Gasteiger partial charge in [-0.3, -0.25) is 4.68 Å². The number of nitrogens with zero attached hydrogens (tertiary/aromatic N) is 4. The standard InChI is InChI=1S/C14H20BrN5/c1-14(2,3)12-11(15)13-16-7-5-10(20(13)18-12)9-6-8-17-19(9)4/h6,8,10,16H,5,7H2,1-4H3. The van der Waals surface area contributed by atoms with Crippen molar-refractivity contribution in [2.24, 2.45) is 7.05 Å². The molecule has 1 aliphatic rings. The Morgan fingerprint density at radius 1 is 1.40 bits per heavy atom. The lowest BCUT2D eigenvalue weighted by atomic mass is 9.92. The fraction of sp³-hybridized carbons (Fsp3) is 0.571. The first kappa shape index (κ1) is 13.7. The van der Waals surface area contributed by atoms with E-state index in [0.717, 1.165) is 29.0 Å². The molecule has 5 nitrogen and oxygen atoms in total. The topological polar surface area (TPSA) is 47.7 Å². The molecule has 108 valence electrons. The molecule has 2 aromatic rings. The lowest BCUT2D eigenvalue weighted by molar-refractivity contribution is 0.439. The third kappa shape index (κ3) is 2.06. The minimum Gasteiger partial charge on any atom is -0.369 e. The first-order valence-corrected chi connectivity index (χ1v) is 7.69. The van der Waals surface area contributed by atoms with Gasteiger partial charge in [-0.05, 0) is 28.4 Å². The molecule has 3 heterocycles. The summed E-state index contributed by atoms with van der Waals surface area (Å²) in [6.07, 6.45) is 2.87. The zero-order valence-electron chi connectivity index (χ0n) is 12.3. The highest BCUT2D eigenvalue weighted by molar-refractivity contribution is 9.10. The fourth-order valence-electron chi connectivity index (χ4n) is 2.71. The van der Waals surface area contributed by atoms with E-state index in [9.17, 15) is 0 Å². The molecule has 0 saturated carbocycles. The van der Waals surface area contributed by atoms with Gasteiger partial charge in [-0.15, -0.1) is 0 Å². The van der Waals surface area contributed by atoms with Crippen LogP contribution in [0.5, 0.6) is 0 Å². The Labute approximate surface area is 127 Å². The van der Waals surface area contributed by atoms with Crippen LogP contribution in [0.2, 0.25) is 0 Å². The van der Waals surface area contributed by atoms with Crippen molar-refractivity contribution in [2.75, 3.05) is 11.9 Å². The van der Waals surface area contributed by atoms with Crippen LogP contribution >= 0.6 is 15.9 Å². The van der Waals surface area contributed by atoms with Crippen LogP contribution in [0, 0.1) is 0 Å². The van der Waals surface area contributed by atoms with E-state index in [1.807, 2.05) is 17.9 Å². The minimum absolute atomic E-state index is 0.0157. The Morgan fingerprint density at radius 2 is 2.15 bits per heavy atom. The molecule has 0 aromatic carbocycles. The van der Waals surface area contributed by atoms with E-state index in [2.05, 4.69) is 57.9 Å². The van der Waals surface area contributed by atoms with Crippen LogP contribution in [-0.2, 0) is 12.5 Å². The van der Waals surface area contributed by atoms with Crippen LogP contribution in [0.1, 0.15) is 44.6 Å². The van der Waals surface area contributed by atoms with Gasteiger partial charge in [-0.2, -0.15) is 10.2 Å². The first-order valence-electron chi connectivity index (χ1n) is 6.90. The van der Waals surface area contributed by atoms with Crippen molar-refractivity contribution in [3.8, 4) is 0 Å². The summed E-state index contributed by atoms with van der Waals surface area (Å²) in [5, 5.41) is 12.6. The summed E-state index contributed by atoms with van der Waals surface area (Å²) in [6.45, 7) is 7.51. The van der Waals surface area contributed by atoms with Gasteiger partial charge in [-0.1, -0.05) is 20.8 Å². The van der Waals surface area contributed by atoms with Gasteiger partial charge in [0.25, 0.3) is 0 Å². The summed E-state index contributed by atoms with van der Waals surface area (Å²) in [5.41, 5.74) is 2.30. The van der Waals surface area contributed by atoms with E-state index in [-0.39, 0.29) is 11.5 Å². The van der Waals surface area contributed by atoms with Crippen molar-refractivity contribution >= 4 is 21.7 Å². The van der Waals surface area contributed by atoms with Gasteiger partial charge in [0, 0.05) is 25.2 Å². The Kier molecular flexibility index (Phi) is 3.16. The zero-order valence-corrected chi connectivity index (χ0v) is 13.9. The summed E-state index contributed by atoms with van der Waals surface area (Å²) in [7, 11) is 1.99. The highest BCUT2D eigenvalue weighted by Crippen LogP contribution is 2.39. The molecule has 0 bridgehead atoms. The van der Waals surface area contributed by atoms with Gasteiger partial charge in [0.15, 0.2) is 0 Å². The van der Waals surface area contributed by atoms with E-state index < -0.39 is 0 Å². The third-order valence-corrected chi connectivity index (χ3v) is 4.52. The van der Waals surface area contributed by atoms with Gasteiger partial charge in [0.2, 0.25) is 0 Å². The quantitative estimate of drug-likeness (QED) is 0.869. The van der Waals surface area contributed by atoms with Crippen molar-refractivity contribution < 1.29 is 0 Å². The van der Waals surface area contributed by atoms with Gasteiger partial charge >= 0.3 is 0 Å². The van der Waals surface area contributed by atoms with Crippen LogP contribution in [0.3, 0.4) is 0 Å². The highest BCUT2D eigenvalue weighted by atomic mass is 79.9. The van der Waals surface area contributed by atoms with Crippen molar-refractivity contribution in [1.29, 1.82) is 0 Å². The number of fused-ring (bicyclic) bond motifs is 1. The van der Waals surface area contributed by atoms with Crippen LogP contribution in [-0.4, -0.2) is 26.1 Å². The summed E-state index contributed by atoms with van der Waals surface area (Å²) in [5.74, 6) is 1.08. The number of rotatable bonds is 1. The molecule has 1 aliphatic heterocycles. The number of hydrogen-bond acceptors (Lipinski definition) is 3. The van der Waals surface area contributed by atoms with Gasteiger partial charge in [-0.25, -0.2) is 4.68 Å². The number of anilines is 1. The molecule has 0 fully saturated rings. The number of hydrogen-bond donors (Lipinski definition) is 1. The molecular weight excluding hydrogens is 318 g/mol. The lowest BCUT2D eigenvalue weighted by Crippen LogP contribution is -2.26. The maximum atomic E-state index is 4.87. The Bertz CT molecular complexity index is 635. The molecule has 0 saturated heterocycles. The average molecular weight is 338 g/mol. The highest BCUT2D eigenvalue weighted by Gasteiger charge is 2.31. The molecule has 6 heteroatoms. The predicted octanol–water partition coefficient (Wildman–Crippen LogP) is 3.08. The van der Waals surface area contributed by atoms with E-state index in [1.165, 1.54) is 5.69 Å². The Morgan fingerprint density at radius 3 is 2.75 bits per heavy atom. The number of halogens is 1. The van der Waals surface area contributed by atoms with E-state index in [0.29, 0.717) is 0 Å². The molecule has 0 aliphatic carbocycles. The largest absolute Gasteiger partial charge is 0.369 e. The van der Waals surface area contributed by atoms with Crippen LogP contribution in [0.15, 0.2) is 16.7 Å². The SMILES string of the molecule is Cn1nccc1C1CCNc2c(Br)c(C(C)(C)C)nn21.